The summed E-state index contributed by atoms with van der Waals surface area (Å²) in [5.41, 5.74) is 2.74. The summed E-state index contributed by atoms with van der Waals surface area (Å²) in [6.07, 6.45) is 0.691. The van der Waals surface area contributed by atoms with E-state index in [1.54, 1.807) is 16.5 Å². The summed E-state index contributed by atoms with van der Waals surface area (Å²) < 4.78 is 7.55. The van der Waals surface area contributed by atoms with E-state index in [4.69, 9.17) is 9.84 Å². The van der Waals surface area contributed by atoms with Crippen LogP contribution in [0.2, 0.25) is 0 Å². The average Bonchev–Trinajstić information content (AvgIpc) is 2.96. The van der Waals surface area contributed by atoms with E-state index in [0.717, 1.165) is 22.7 Å². The predicted octanol–water partition coefficient (Wildman–Crippen LogP) is 1.84. The third kappa shape index (κ3) is 3.99. The van der Waals surface area contributed by atoms with Crippen LogP contribution in [0.15, 0.2) is 30.3 Å². The van der Waals surface area contributed by atoms with E-state index in [1.165, 1.54) is 0 Å². The van der Waals surface area contributed by atoms with Crippen molar-refractivity contribution in [1.29, 1.82) is 0 Å². The topological polar surface area (TPSA) is 84.7 Å². The molecule has 1 aromatic carbocycles. The summed E-state index contributed by atoms with van der Waals surface area (Å²) in [4.78, 5) is 24.4. The molecule has 1 aromatic heterocycles. The lowest BCUT2D eigenvalue weighted by molar-refractivity contribution is -0.137. The highest BCUT2D eigenvalue weighted by Crippen LogP contribution is 2.24. The molecule has 2 aromatic rings. The smallest absolute Gasteiger partial charge is 0.305 e. The standard InChI is InChI=1S/C18H21N3O4/c1-13(22)20-9-7-17-15(11-20)16(19-21(17)10-8-18(23)24)12-25-14-5-3-2-4-6-14/h2-6H,7-12H2,1H3,(H,23,24). The second-order valence-corrected chi connectivity index (χ2v) is 6.03. The zero-order chi connectivity index (χ0) is 17.8. The Bertz CT molecular complexity index is 770. The molecule has 2 heterocycles. The molecule has 0 unspecified atom stereocenters. The van der Waals surface area contributed by atoms with Gasteiger partial charge in [0, 0.05) is 37.7 Å². The van der Waals surface area contributed by atoms with Crippen LogP contribution in [0.4, 0.5) is 0 Å². The van der Waals surface area contributed by atoms with Gasteiger partial charge in [-0.15, -0.1) is 0 Å². The van der Waals surface area contributed by atoms with Crippen molar-refractivity contribution >= 4 is 11.9 Å². The third-order valence-electron chi connectivity index (χ3n) is 4.32. The molecule has 0 bridgehead atoms. The number of carbonyl (C=O) groups excluding carboxylic acids is 1. The Balaban J connectivity index is 1.83. The largest absolute Gasteiger partial charge is 0.487 e. The number of fused-ring (bicyclic) bond motifs is 1. The van der Waals surface area contributed by atoms with Crippen LogP contribution in [-0.4, -0.2) is 38.2 Å². The zero-order valence-corrected chi connectivity index (χ0v) is 14.1. The van der Waals surface area contributed by atoms with Crippen LogP contribution in [0.3, 0.4) is 0 Å². The fraction of sp³-hybridized carbons (Fsp3) is 0.389. The van der Waals surface area contributed by atoms with Crippen molar-refractivity contribution in [3.05, 3.63) is 47.3 Å². The second kappa shape index (κ2) is 7.38. The van der Waals surface area contributed by atoms with Crippen LogP contribution in [-0.2, 0) is 35.7 Å². The van der Waals surface area contributed by atoms with Crippen molar-refractivity contribution in [1.82, 2.24) is 14.7 Å². The number of carbonyl (C=O) groups is 2. The molecule has 1 aliphatic heterocycles. The van der Waals surface area contributed by atoms with E-state index in [-0.39, 0.29) is 18.9 Å². The maximum atomic E-state index is 11.7. The molecule has 0 fully saturated rings. The van der Waals surface area contributed by atoms with E-state index < -0.39 is 5.97 Å². The highest BCUT2D eigenvalue weighted by Gasteiger charge is 2.26. The number of para-hydroxylation sites is 1. The Kier molecular flexibility index (Phi) is 5.02. The predicted molar refractivity (Wildman–Crippen MR) is 90.0 cm³/mol. The number of aromatic nitrogens is 2. The third-order valence-corrected chi connectivity index (χ3v) is 4.32. The van der Waals surface area contributed by atoms with Crippen molar-refractivity contribution in [2.75, 3.05) is 6.54 Å². The molecule has 0 saturated carbocycles. The first-order valence-corrected chi connectivity index (χ1v) is 8.27. The molecular weight excluding hydrogens is 322 g/mol. The van der Waals surface area contributed by atoms with Crippen LogP contribution in [0, 0.1) is 0 Å². The summed E-state index contributed by atoms with van der Waals surface area (Å²) in [7, 11) is 0. The second-order valence-electron chi connectivity index (χ2n) is 6.03. The molecular formula is C18H21N3O4. The SMILES string of the molecule is CC(=O)N1CCc2c(c(COc3ccccc3)nn2CCC(=O)O)C1. The lowest BCUT2D eigenvalue weighted by Crippen LogP contribution is -2.35. The zero-order valence-electron chi connectivity index (χ0n) is 14.1. The molecule has 0 aliphatic carbocycles. The Labute approximate surface area is 145 Å². The van der Waals surface area contributed by atoms with Gasteiger partial charge in [0.1, 0.15) is 18.1 Å². The van der Waals surface area contributed by atoms with Gasteiger partial charge in [-0.2, -0.15) is 5.10 Å². The van der Waals surface area contributed by atoms with E-state index in [9.17, 15) is 9.59 Å². The van der Waals surface area contributed by atoms with E-state index >= 15 is 0 Å². The van der Waals surface area contributed by atoms with Gasteiger partial charge in [-0.05, 0) is 12.1 Å². The van der Waals surface area contributed by atoms with Crippen LogP contribution < -0.4 is 4.74 Å². The van der Waals surface area contributed by atoms with Crippen molar-refractivity contribution in [2.24, 2.45) is 0 Å². The van der Waals surface area contributed by atoms with Crippen molar-refractivity contribution in [2.45, 2.75) is 39.5 Å². The molecule has 3 rings (SSSR count). The van der Waals surface area contributed by atoms with Crippen LogP contribution >= 0.6 is 0 Å². The van der Waals surface area contributed by atoms with Gasteiger partial charge in [-0.3, -0.25) is 14.3 Å². The van der Waals surface area contributed by atoms with Gasteiger partial charge in [-0.1, -0.05) is 18.2 Å². The molecule has 0 spiro atoms. The summed E-state index contributed by atoms with van der Waals surface area (Å²) in [6.45, 7) is 3.28. The Morgan fingerprint density at radius 2 is 2.04 bits per heavy atom. The number of rotatable bonds is 6. The van der Waals surface area contributed by atoms with E-state index in [2.05, 4.69) is 5.10 Å². The van der Waals surface area contributed by atoms with Crippen molar-refractivity contribution in [3.63, 3.8) is 0 Å². The van der Waals surface area contributed by atoms with Crippen molar-refractivity contribution in [3.8, 4) is 5.75 Å². The first-order chi connectivity index (χ1) is 12.0. The molecule has 1 N–H and O–H groups in total. The summed E-state index contributed by atoms with van der Waals surface area (Å²) in [5, 5.41) is 13.5. The summed E-state index contributed by atoms with van der Waals surface area (Å²) >= 11 is 0. The lowest BCUT2D eigenvalue weighted by Gasteiger charge is -2.26. The van der Waals surface area contributed by atoms with Gasteiger partial charge in [0.2, 0.25) is 5.91 Å². The maximum Gasteiger partial charge on any atom is 0.305 e. The van der Waals surface area contributed by atoms with Crippen LogP contribution in [0.25, 0.3) is 0 Å². The first-order valence-electron chi connectivity index (χ1n) is 8.27. The number of aryl methyl sites for hydroxylation is 1. The molecule has 0 saturated heterocycles. The number of amides is 1. The van der Waals surface area contributed by atoms with Gasteiger partial charge in [-0.25, -0.2) is 0 Å². The molecule has 132 valence electrons. The lowest BCUT2D eigenvalue weighted by atomic mass is 10.1. The number of carboxylic acids is 1. The summed E-state index contributed by atoms with van der Waals surface area (Å²) in [6, 6.07) is 9.45. The Hall–Kier alpha value is -2.83. The van der Waals surface area contributed by atoms with Gasteiger partial charge < -0.3 is 14.7 Å². The number of benzene rings is 1. The monoisotopic (exact) mass is 343 g/mol. The fourth-order valence-corrected chi connectivity index (χ4v) is 3.00. The minimum atomic E-state index is -0.854. The number of hydrogen-bond donors (Lipinski definition) is 1. The van der Waals surface area contributed by atoms with Gasteiger partial charge in [0.05, 0.1) is 13.0 Å². The minimum Gasteiger partial charge on any atom is -0.487 e. The molecule has 7 heteroatoms. The number of nitrogens with zero attached hydrogens (tertiary/aromatic N) is 3. The van der Waals surface area contributed by atoms with E-state index in [0.29, 0.717) is 26.1 Å². The Morgan fingerprint density at radius 1 is 1.28 bits per heavy atom. The average molecular weight is 343 g/mol. The normalized spacial score (nSPS) is 13.4. The number of ether oxygens (including phenoxy) is 1. The number of carboxylic acid groups (broad SMARTS) is 1. The van der Waals surface area contributed by atoms with Crippen LogP contribution in [0.5, 0.6) is 5.75 Å². The Morgan fingerprint density at radius 3 is 2.72 bits per heavy atom. The quantitative estimate of drug-likeness (QED) is 0.865. The highest BCUT2D eigenvalue weighted by molar-refractivity contribution is 5.73. The molecule has 0 atom stereocenters. The fourth-order valence-electron chi connectivity index (χ4n) is 3.00. The number of hydrogen-bond acceptors (Lipinski definition) is 4. The molecule has 1 amide bonds. The molecule has 1 aliphatic rings. The van der Waals surface area contributed by atoms with Crippen molar-refractivity contribution < 1.29 is 19.4 Å². The number of aliphatic carboxylic acids is 1. The molecule has 25 heavy (non-hydrogen) atoms. The highest BCUT2D eigenvalue weighted by atomic mass is 16.5. The first kappa shape index (κ1) is 17.0. The van der Waals surface area contributed by atoms with E-state index in [1.807, 2.05) is 30.3 Å². The van der Waals surface area contributed by atoms with Gasteiger partial charge in [0.15, 0.2) is 0 Å². The minimum absolute atomic E-state index is 0.0174. The molecule has 0 radical (unpaired) electrons. The van der Waals surface area contributed by atoms with Crippen LogP contribution in [0.1, 0.15) is 30.3 Å². The van der Waals surface area contributed by atoms with Gasteiger partial charge >= 0.3 is 5.97 Å². The van der Waals surface area contributed by atoms with Gasteiger partial charge in [0.25, 0.3) is 0 Å². The maximum absolute atomic E-state index is 11.7. The summed E-state index contributed by atoms with van der Waals surface area (Å²) in [5.74, 6) is -0.0815. The molecule has 7 nitrogen and oxygen atoms in total.